The normalized spacial score (nSPS) is 10.3. The van der Waals surface area contributed by atoms with Crippen molar-refractivity contribution in [1.82, 2.24) is 5.32 Å². The van der Waals surface area contributed by atoms with Crippen LogP contribution in [-0.2, 0) is 6.54 Å². The average molecular weight is 342 g/mol. The van der Waals surface area contributed by atoms with E-state index in [0.717, 1.165) is 11.6 Å². The molecule has 0 fully saturated rings. The highest BCUT2D eigenvalue weighted by molar-refractivity contribution is 6.44. The molecule has 0 unspecified atom stereocenters. The minimum absolute atomic E-state index is 0.168. The molecule has 0 heterocycles. The highest BCUT2D eigenvalue weighted by Crippen LogP contribution is 2.30. The Hall–Kier alpha value is -2.11. The number of halogens is 3. The lowest BCUT2D eigenvalue weighted by Gasteiger charge is -2.10. The average Bonchev–Trinajstić information content (AvgIpc) is 2.49. The van der Waals surface area contributed by atoms with Crippen molar-refractivity contribution in [2.75, 3.05) is 0 Å². The largest absolute Gasteiger partial charge is 0.478 e. The Bertz CT molecular complexity index is 735. The van der Waals surface area contributed by atoms with Crippen LogP contribution in [-0.4, -0.2) is 17.0 Å². The van der Waals surface area contributed by atoms with Gasteiger partial charge in [-0.25, -0.2) is 9.18 Å². The van der Waals surface area contributed by atoms with E-state index in [0.29, 0.717) is 0 Å². The molecule has 0 aliphatic rings. The maximum atomic E-state index is 14.2. The summed E-state index contributed by atoms with van der Waals surface area (Å²) in [7, 11) is 0. The van der Waals surface area contributed by atoms with Crippen LogP contribution >= 0.6 is 23.2 Å². The maximum Gasteiger partial charge on any atom is 0.340 e. The fourth-order valence-corrected chi connectivity index (χ4v) is 2.25. The Kier molecular flexibility index (Phi) is 5.00. The molecule has 4 nitrogen and oxygen atoms in total. The minimum Gasteiger partial charge on any atom is -0.478 e. The fraction of sp³-hybridized carbons (Fsp3) is 0.0667. The van der Waals surface area contributed by atoms with E-state index in [1.54, 1.807) is 24.3 Å². The Morgan fingerprint density at radius 2 is 1.82 bits per heavy atom. The van der Waals surface area contributed by atoms with E-state index in [9.17, 15) is 14.0 Å². The summed E-state index contributed by atoms with van der Waals surface area (Å²) in [6.07, 6.45) is 0. The summed E-state index contributed by atoms with van der Waals surface area (Å²) in [4.78, 5) is 23.1. The number of amides is 1. The van der Waals surface area contributed by atoms with Crippen molar-refractivity contribution in [2.45, 2.75) is 6.54 Å². The van der Waals surface area contributed by atoms with E-state index >= 15 is 0 Å². The Labute approximate surface area is 135 Å². The molecule has 0 saturated carbocycles. The smallest absolute Gasteiger partial charge is 0.340 e. The maximum absolute atomic E-state index is 14.2. The van der Waals surface area contributed by atoms with Crippen LogP contribution < -0.4 is 5.32 Å². The molecule has 0 saturated heterocycles. The summed E-state index contributed by atoms with van der Waals surface area (Å²) in [5.41, 5.74) is -0.475. The lowest BCUT2D eigenvalue weighted by atomic mass is 10.1. The van der Waals surface area contributed by atoms with Gasteiger partial charge >= 0.3 is 5.97 Å². The van der Waals surface area contributed by atoms with Gasteiger partial charge < -0.3 is 10.4 Å². The molecule has 0 aliphatic carbocycles. The zero-order valence-electron chi connectivity index (χ0n) is 11.1. The van der Waals surface area contributed by atoms with Crippen LogP contribution in [0.3, 0.4) is 0 Å². The lowest BCUT2D eigenvalue weighted by Crippen LogP contribution is -2.24. The molecule has 0 radical (unpaired) electrons. The number of carboxylic acids is 1. The van der Waals surface area contributed by atoms with Crippen LogP contribution in [0.1, 0.15) is 26.3 Å². The first-order valence-corrected chi connectivity index (χ1v) is 6.90. The van der Waals surface area contributed by atoms with Gasteiger partial charge in [-0.05, 0) is 11.6 Å². The molecule has 0 aromatic heterocycles. The first-order chi connectivity index (χ1) is 10.4. The van der Waals surface area contributed by atoms with Crippen molar-refractivity contribution < 1.29 is 19.1 Å². The van der Waals surface area contributed by atoms with Gasteiger partial charge in [-0.1, -0.05) is 53.5 Å². The van der Waals surface area contributed by atoms with E-state index in [1.165, 1.54) is 0 Å². The first-order valence-electron chi connectivity index (χ1n) is 6.14. The number of rotatable bonds is 4. The zero-order chi connectivity index (χ0) is 16.3. The summed E-state index contributed by atoms with van der Waals surface area (Å²) in [6, 6.07) is 9.99. The van der Waals surface area contributed by atoms with E-state index in [1.807, 2.05) is 6.07 Å². The number of hydrogen-bond acceptors (Lipinski definition) is 2. The van der Waals surface area contributed by atoms with E-state index in [2.05, 4.69) is 5.32 Å². The molecule has 114 valence electrons. The molecule has 22 heavy (non-hydrogen) atoms. The predicted octanol–water partition coefficient (Wildman–Crippen LogP) is 3.76. The molecular formula is C15H10Cl2FNO3. The molecular weight excluding hydrogens is 332 g/mol. The molecule has 0 atom stereocenters. The van der Waals surface area contributed by atoms with Gasteiger partial charge in [0.1, 0.15) is 5.56 Å². The van der Waals surface area contributed by atoms with Gasteiger partial charge in [0.15, 0.2) is 5.82 Å². The van der Waals surface area contributed by atoms with Crippen LogP contribution in [0.5, 0.6) is 0 Å². The van der Waals surface area contributed by atoms with Gasteiger partial charge in [0.2, 0.25) is 0 Å². The first kappa shape index (κ1) is 16.3. The second-order valence-electron chi connectivity index (χ2n) is 4.38. The Balaban J connectivity index is 2.28. The van der Waals surface area contributed by atoms with Crippen molar-refractivity contribution >= 4 is 35.1 Å². The van der Waals surface area contributed by atoms with Gasteiger partial charge in [-0.15, -0.1) is 0 Å². The van der Waals surface area contributed by atoms with E-state index in [4.69, 9.17) is 28.3 Å². The summed E-state index contributed by atoms with van der Waals surface area (Å²) < 4.78 is 14.2. The second-order valence-corrected chi connectivity index (χ2v) is 5.17. The summed E-state index contributed by atoms with van der Waals surface area (Å²) >= 11 is 11.4. The summed E-state index contributed by atoms with van der Waals surface area (Å²) in [5, 5.41) is 10.8. The van der Waals surface area contributed by atoms with Crippen LogP contribution in [0.4, 0.5) is 4.39 Å². The van der Waals surface area contributed by atoms with Gasteiger partial charge in [0.25, 0.3) is 5.91 Å². The highest BCUT2D eigenvalue weighted by Gasteiger charge is 2.24. The quantitative estimate of drug-likeness (QED) is 0.832. The lowest BCUT2D eigenvalue weighted by molar-refractivity contribution is 0.0692. The molecule has 0 spiro atoms. The van der Waals surface area contributed by atoms with Gasteiger partial charge in [-0.2, -0.15) is 0 Å². The molecule has 2 rings (SSSR count). The molecule has 1 amide bonds. The van der Waals surface area contributed by atoms with Crippen molar-refractivity contribution in [3.05, 3.63) is 69.0 Å². The van der Waals surface area contributed by atoms with Crippen molar-refractivity contribution in [3.8, 4) is 0 Å². The van der Waals surface area contributed by atoms with Crippen molar-refractivity contribution in [3.63, 3.8) is 0 Å². The van der Waals surface area contributed by atoms with E-state index in [-0.39, 0.29) is 11.6 Å². The zero-order valence-corrected chi connectivity index (χ0v) is 12.6. The standard InChI is InChI=1S/C15H10Cl2FNO3/c16-10-6-9(13(18)11(12(10)17)15(21)22)14(20)19-7-8-4-2-1-3-5-8/h1-6H,7H2,(H,19,20)(H,21,22). The van der Waals surface area contributed by atoms with Gasteiger partial charge in [0.05, 0.1) is 15.6 Å². The molecule has 2 N–H and O–H groups in total. The predicted molar refractivity (Wildman–Crippen MR) is 81.0 cm³/mol. The Morgan fingerprint density at radius 3 is 2.41 bits per heavy atom. The third kappa shape index (κ3) is 3.37. The third-order valence-corrected chi connectivity index (χ3v) is 3.70. The molecule has 0 bridgehead atoms. The molecule has 0 aliphatic heterocycles. The fourth-order valence-electron chi connectivity index (χ4n) is 1.83. The monoisotopic (exact) mass is 341 g/mol. The number of nitrogens with one attached hydrogen (secondary N) is 1. The summed E-state index contributed by atoms with van der Waals surface area (Å²) in [6.45, 7) is 0.168. The van der Waals surface area contributed by atoms with Crippen LogP contribution in [0.25, 0.3) is 0 Å². The molecule has 2 aromatic carbocycles. The van der Waals surface area contributed by atoms with Crippen LogP contribution in [0.2, 0.25) is 10.0 Å². The number of aromatic carboxylic acids is 1. The van der Waals surface area contributed by atoms with E-state index < -0.39 is 33.8 Å². The number of hydrogen-bond donors (Lipinski definition) is 2. The number of carboxylic acid groups (broad SMARTS) is 1. The van der Waals surface area contributed by atoms with Crippen LogP contribution in [0, 0.1) is 5.82 Å². The van der Waals surface area contributed by atoms with Crippen molar-refractivity contribution in [2.24, 2.45) is 0 Å². The third-order valence-electron chi connectivity index (χ3n) is 2.91. The number of carbonyl (C=O) groups is 2. The minimum atomic E-state index is -1.60. The highest BCUT2D eigenvalue weighted by atomic mass is 35.5. The number of benzene rings is 2. The van der Waals surface area contributed by atoms with Crippen LogP contribution in [0.15, 0.2) is 36.4 Å². The van der Waals surface area contributed by atoms with Crippen molar-refractivity contribution in [1.29, 1.82) is 0 Å². The SMILES string of the molecule is O=C(NCc1ccccc1)c1cc(Cl)c(Cl)c(C(=O)O)c1F. The summed E-state index contributed by atoms with van der Waals surface area (Å²) in [5.74, 6) is -3.59. The molecule has 7 heteroatoms. The second kappa shape index (κ2) is 6.77. The molecule has 2 aromatic rings. The van der Waals surface area contributed by atoms with Gasteiger partial charge in [0, 0.05) is 6.54 Å². The Morgan fingerprint density at radius 1 is 1.18 bits per heavy atom. The topological polar surface area (TPSA) is 66.4 Å². The number of carbonyl (C=O) groups excluding carboxylic acids is 1. The van der Waals surface area contributed by atoms with Gasteiger partial charge in [-0.3, -0.25) is 4.79 Å².